The summed E-state index contributed by atoms with van der Waals surface area (Å²) in [6.07, 6.45) is 6.42. The zero-order chi connectivity index (χ0) is 15.6. The molecule has 0 spiro atoms. The standard InChI is InChI=1S/C17H18Cl2O2/c1-4-6-7-10(5-2)12-8-11-9-13(21-3)15(18)16(19)14(11)17(12)20/h5,7,9,12H,2,4,6,8H2,1,3H3/b10-7+. The summed E-state index contributed by atoms with van der Waals surface area (Å²) in [5.74, 6) is 0.304. The van der Waals surface area contributed by atoms with E-state index in [1.54, 1.807) is 6.08 Å². The van der Waals surface area contributed by atoms with E-state index in [2.05, 4.69) is 19.6 Å². The number of ether oxygens (including phenoxy) is 1. The molecule has 1 atom stereocenters. The summed E-state index contributed by atoms with van der Waals surface area (Å²) in [5.41, 5.74) is 2.38. The highest BCUT2D eigenvalue weighted by Crippen LogP contribution is 2.43. The Balaban J connectivity index is 2.45. The molecule has 21 heavy (non-hydrogen) atoms. The van der Waals surface area contributed by atoms with Crippen LogP contribution in [0.1, 0.15) is 35.7 Å². The summed E-state index contributed by atoms with van der Waals surface area (Å²) in [7, 11) is 1.54. The lowest BCUT2D eigenvalue weighted by atomic mass is 9.94. The van der Waals surface area contributed by atoms with Gasteiger partial charge in [0.1, 0.15) is 10.8 Å². The molecule has 4 heteroatoms. The van der Waals surface area contributed by atoms with Crippen LogP contribution in [0.15, 0.2) is 30.4 Å². The Bertz CT molecular complexity index is 618. The molecule has 1 aromatic rings. The van der Waals surface area contributed by atoms with Crippen LogP contribution in [0.3, 0.4) is 0 Å². The molecule has 0 N–H and O–H groups in total. The van der Waals surface area contributed by atoms with Gasteiger partial charge >= 0.3 is 0 Å². The maximum atomic E-state index is 12.7. The van der Waals surface area contributed by atoms with E-state index in [1.165, 1.54) is 7.11 Å². The molecular weight excluding hydrogens is 307 g/mol. The van der Waals surface area contributed by atoms with Gasteiger partial charge in [0.05, 0.1) is 18.1 Å². The first-order chi connectivity index (χ1) is 10.0. The average molecular weight is 325 g/mol. The van der Waals surface area contributed by atoms with Gasteiger partial charge in [0.25, 0.3) is 0 Å². The fraction of sp³-hybridized carbons (Fsp3) is 0.353. The summed E-state index contributed by atoms with van der Waals surface area (Å²) < 4.78 is 5.21. The summed E-state index contributed by atoms with van der Waals surface area (Å²) in [4.78, 5) is 12.7. The first-order valence-electron chi connectivity index (χ1n) is 6.96. The third-order valence-electron chi connectivity index (χ3n) is 3.77. The van der Waals surface area contributed by atoms with Crippen molar-refractivity contribution in [2.75, 3.05) is 7.11 Å². The van der Waals surface area contributed by atoms with Crippen LogP contribution in [0, 0.1) is 5.92 Å². The summed E-state index contributed by atoms with van der Waals surface area (Å²) in [6, 6.07) is 1.81. The van der Waals surface area contributed by atoms with Crippen LogP contribution in [-0.2, 0) is 6.42 Å². The van der Waals surface area contributed by atoms with Crippen molar-refractivity contribution in [2.24, 2.45) is 5.92 Å². The zero-order valence-corrected chi connectivity index (χ0v) is 13.7. The van der Waals surface area contributed by atoms with Crippen molar-refractivity contribution in [1.29, 1.82) is 0 Å². The molecule has 0 radical (unpaired) electrons. The van der Waals surface area contributed by atoms with Crippen molar-refractivity contribution in [2.45, 2.75) is 26.2 Å². The second-order valence-corrected chi connectivity index (χ2v) is 5.81. The lowest BCUT2D eigenvalue weighted by molar-refractivity contribution is 0.0956. The lowest BCUT2D eigenvalue weighted by Gasteiger charge is -2.09. The third-order valence-corrected chi connectivity index (χ3v) is 4.62. The number of allylic oxidation sites excluding steroid dienone is 3. The van der Waals surface area contributed by atoms with Gasteiger partial charge in [-0.15, -0.1) is 0 Å². The first kappa shape index (κ1) is 16.1. The number of benzene rings is 1. The van der Waals surface area contributed by atoms with Crippen molar-refractivity contribution in [3.05, 3.63) is 51.5 Å². The second kappa shape index (κ2) is 6.67. The number of rotatable bonds is 5. The molecule has 0 aliphatic heterocycles. The van der Waals surface area contributed by atoms with Gasteiger partial charge in [0, 0.05) is 5.56 Å². The third kappa shape index (κ3) is 2.88. The van der Waals surface area contributed by atoms with Gasteiger partial charge in [-0.05, 0) is 30.0 Å². The van der Waals surface area contributed by atoms with Gasteiger partial charge in [0.2, 0.25) is 0 Å². The molecule has 2 nitrogen and oxygen atoms in total. The molecule has 0 aromatic heterocycles. The Labute approximate surface area is 135 Å². The fourth-order valence-electron chi connectivity index (χ4n) is 2.66. The number of hydrogen-bond donors (Lipinski definition) is 0. The Morgan fingerprint density at radius 1 is 1.48 bits per heavy atom. The normalized spacial score (nSPS) is 17.8. The Morgan fingerprint density at radius 2 is 2.19 bits per heavy atom. The minimum atomic E-state index is -0.218. The second-order valence-electron chi connectivity index (χ2n) is 5.06. The van der Waals surface area contributed by atoms with E-state index < -0.39 is 0 Å². The van der Waals surface area contributed by atoms with Crippen LogP contribution in [0.2, 0.25) is 10.0 Å². The van der Waals surface area contributed by atoms with Gasteiger partial charge in [-0.1, -0.05) is 55.3 Å². The highest BCUT2D eigenvalue weighted by molar-refractivity contribution is 6.45. The topological polar surface area (TPSA) is 26.3 Å². The van der Waals surface area contributed by atoms with E-state index >= 15 is 0 Å². The van der Waals surface area contributed by atoms with Gasteiger partial charge in [-0.25, -0.2) is 0 Å². The van der Waals surface area contributed by atoms with E-state index in [-0.39, 0.29) is 16.7 Å². The van der Waals surface area contributed by atoms with Gasteiger partial charge in [0.15, 0.2) is 5.78 Å². The maximum Gasteiger partial charge on any atom is 0.172 e. The quantitative estimate of drug-likeness (QED) is 0.689. The zero-order valence-electron chi connectivity index (χ0n) is 12.2. The smallest absolute Gasteiger partial charge is 0.172 e. The molecule has 1 aromatic carbocycles. The number of unbranched alkanes of at least 4 members (excludes halogenated alkanes) is 1. The number of hydrogen-bond acceptors (Lipinski definition) is 2. The monoisotopic (exact) mass is 324 g/mol. The molecule has 1 aliphatic carbocycles. The average Bonchev–Trinajstić information content (AvgIpc) is 2.81. The van der Waals surface area contributed by atoms with Gasteiger partial charge < -0.3 is 4.74 Å². The highest BCUT2D eigenvalue weighted by Gasteiger charge is 2.35. The van der Waals surface area contributed by atoms with E-state index in [9.17, 15) is 4.79 Å². The predicted molar refractivity (Wildman–Crippen MR) is 87.7 cm³/mol. The van der Waals surface area contributed by atoms with Crippen LogP contribution < -0.4 is 4.74 Å². The van der Waals surface area contributed by atoms with Gasteiger partial charge in [-0.3, -0.25) is 4.79 Å². The highest BCUT2D eigenvalue weighted by atomic mass is 35.5. The molecule has 0 fully saturated rings. The number of ketones is 1. The van der Waals surface area contributed by atoms with Crippen molar-refractivity contribution in [1.82, 2.24) is 0 Å². The number of carbonyl (C=O) groups excluding carboxylic acids is 1. The van der Waals surface area contributed by atoms with E-state index in [0.717, 1.165) is 24.0 Å². The Kier molecular flexibility index (Phi) is 5.13. The number of carbonyl (C=O) groups is 1. The summed E-state index contributed by atoms with van der Waals surface area (Å²) >= 11 is 12.4. The molecule has 2 rings (SSSR count). The number of fused-ring (bicyclic) bond motifs is 1. The SMILES string of the molecule is C=C/C(=C\CCC)C1Cc2cc(OC)c(Cl)c(Cl)c2C1=O. The van der Waals surface area contributed by atoms with Gasteiger partial charge in [-0.2, -0.15) is 0 Å². The Morgan fingerprint density at radius 3 is 2.76 bits per heavy atom. The minimum Gasteiger partial charge on any atom is -0.495 e. The predicted octanol–water partition coefficient (Wildman–Crippen LogP) is 5.27. The van der Waals surface area contributed by atoms with E-state index in [1.807, 2.05) is 6.07 Å². The van der Waals surface area contributed by atoms with Crippen molar-refractivity contribution < 1.29 is 9.53 Å². The van der Waals surface area contributed by atoms with Crippen LogP contribution in [0.25, 0.3) is 0 Å². The molecule has 0 bridgehead atoms. The lowest BCUT2D eigenvalue weighted by Crippen LogP contribution is -2.11. The van der Waals surface area contributed by atoms with Crippen molar-refractivity contribution in [3.63, 3.8) is 0 Å². The molecule has 0 saturated carbocycles. The van der Waals surface area contributed by atoms with E-state index in [4.69, 9.17) is 27.9 Å². The van der Waals surface area contributed by atoms with E-state index in [0.29, 0.717) is 22.8 Å². The first-order valence-corrected chi connectivity index (χ1v) is 7.72. The Hall–Kier alpha value is -1.25. The summed E-state index contributed by atoms with van der Waals surface area (Å²) in [6.45, 7) is 5.93. The van der Waals surface area contributed by atoms with Crippen LogP contribution in [0.4, 0.5) is 0 Å². The number of halogens is 2. The molecule has 1 aliphatic rings. The van der Waals surface area contributed by atoms with Crippen molar-refractivity contribution in [3.8, 4) is 5.75 Å². The molecule has 0 amide bonds. The van der Waals surface area contributed by atoms with Crippen LogP contribution in [0.5, 0.6) is 5.75 Å². The fourth-order valence-corrected chi connectivity index (χ4v) is 3.20. The van der Waals surface area contributed by atoms with Crippen LogP contribution in [-0.4, -0.2) is 12.9 Å². The molecule has 112 valence electrons. The molecule has 0 saturated heterocycles. The van der Waals surface area contributed by atoms with Crippen LogP contribution >= 0.6 is 23.2 Å². The number of methoxy groups -OCH3 is 1. The summed E-state index contributed by atoms with van der Waals surface area (Å²) in [5, 5.41) is 0.585. The molecular formula is C17H18Cl2O2. The minimum absolute atomic E-state index is 0.0156. The van der Waals surface area contributed by atoms with Crippen molar-refractivity contribution >= 4 is 29.0 Å². The largest absolute Gasteiger partial charge is 0.495 e. The molecule has 0 heterocycles. The molecule has 1 unspecified atom stereocenters. The maximum absolute atomic E-state index is 12.7. The number of Topliss-reactive ketones (excluding diaryl/α,β-unsaturated/α-hetero) is 1.